The molecule has 2 aromatic rings. The van der Waals surface area contributed by atoms with Gasteiger partial charge in [0, 0.05) is 48.4 Å². The molecule has 0 saturated carbocycles. The lowest BCUT2D eigenvalue weighted by atomic mass is 10.4. The summed E-state index contributed by atoms with van der Waals surface area (Å²) in [5.74, 6) is 4.93. The van der Waals surface area contributed by atoms with Gasteiger partial charge in [-0.05, 0) is 6.92 Å². The minimum atomic E-state index is -4.67. The van der Waals surface area contributed by atoms with E-state index in [1.54, 1.807) is 24.3 Å². The van der Waals surface area contributed by atoms with Crippen LogP contribution in [0.1, 0.15) is 17.2 Å². The first-order valence-corrected chi connectivity index (χ1v) is 11.2. The van der Waals surface area contributed by atoms with Crippen LogP contribution in [-0.4, -0.2) is 62.1 Å². The maximum absolute atomic E-state index is 8.74. The monoisotopic (exact) mass is 426 g/mol. The van der Waals surface area contributed by atoms with Crippen molar-refractivity contribution >= 4 is 33.9 Å². The minimum Gasteiger partial charge on any atom is -0.348 e. The fraction of sp³-hybridized carbons (Fsp3) is 0.538. The quantitative estimate of drug-likeness (QED) is 0.261. The van der Waals surface area contributed by atoms with Crippen LogP contribution in [0.4, 0.5) is 0 Å². The van der Waals surface area contributed by atoms with Gasteiger partial charge in [-0.15, -0.1) is 0 Å². The van der Waals surface area contributed by atoms with Crippen molar-refractivity contribution in [2.75, 3.05) is 24.6 Å². The number of H-pyrrole nitrogens is 2. The number of aromatic nitrogens is 4. The van der Waals surface area contributed by atoms with E-state index < -0.39 is 10.4 Å². The Bertz CT molecular complexity index is 655. The van der Waals surface area contributed by atoms with Gasteiger partial charge in [0.1, 0.15) is 5.82 Å². The Morgan fingerprint density at radius 1 is 1.08 bits per heavy atom. The van der Waals surface area contributed by atoms with Crippen molar-refractivity contribution in [3.05, 3.63) is 35.9 Å². The molecule has 0 aliphatic carbocycles. The summed E-state index contributed by atoms with van der Waals surface area (Å²) < 4.78 is 31.6. The second-order valence-electron chi connectivity index (χ2n) is 4.64. The van der Waals surface area contributed by atoms with Crippen LogP contribution in [-0.2, 0) is 21.9 Å². The van der Waals surface area contributed by atoms with E-state index in [2.05, 4.69) is 19.9 Å². The van der Waals surface area contributed by atoms with Crippen LogP contribution >= 0.6 is 23.5 Å². The van der Waals surface area contributed by atoms with Crippen molar-refractivity contribution in [3.8, 4) is 0 Å². The predicted octanol–water partition coefficient (Wildman–Crippen LogP) is 0.859. The second kappa shape index (κ2) is 15.0. The number of aryl methyl sites for hydroxylation is 1. The highest BCUT2D eigenvalue weighted by atomic mass is 32.3. The molecular formula is C13H26N6O4S3. The van der Waals surface area contributed by atoms with E-state index in [-0.39, 0.29) is 0 Å². The van der Waals surface area contributed by atoms with Crippen molar-refractivity contribution in [3.63, 3.8) is 0 Å². The molecule has 0 radical (unpaired) electrons. The number of rotatable bonds is 8. The number of nitrogens with zero attached hydrogens (tertiary/aromatic N) is 2. The summed E-state index contributed by atoms with van der Waals surface area (Å²) in [5, 5.41) is 0. The van der Waals surface area contributed by atoms with Gasteiger partial charge < -0.3 is 21.4 Å². The Kier molecular flexibility index (Phi) is 14.4. The third-order valence-corrected chi connectivity index (χ3v) is 4.49. The Hall–Kier alpha value is -1.09. The van der Waals surface area contributed by atoms with Crippen LogP contribution < -0.4 is 11.5 Å². The molecule has 0 bridgehead atoms. The van der Waals surface area contributed by atoms with Crippen LogP contribution in [0.3, 0.4) is 0 Å². The Morgan fingerprint density at radius 2 is 1.65 bits per heavy atom. The molecule has 0 aliphatic rings. The highest BCUT2D eigenvalue weighted by Gasteiger charge is 1.99. The second-order valence-corrected chi connectivity index (χ2v) is 7.75. The molecule has 26 heavy (non-hydrogen) atoms. The van der Waals surface area contributed by atoms with Gasteiger partial charge >= 0.3 is 10.4 Å². The van der Waals surface area contributed by atoms with Crippen molar-refractivity contribution in [1.29, 1.82) is 0 Å². The van der Waals surface area contributed by atoms with Gasteiger partial charge in [-0.2, -0.15) is 31.9 Å². The molecular weight excluding hydrogens is 400 g/mol. The van der Waals surface area contributed by atoms with E-state index in [4.69, 9.17) is 29.0 Å². The predicted molar refractivity (Wildman–Crippen MR) is 107 cm³/mol. The normalized spacial score (nSPS) is 10.5. The summed E-state index contributed by atoms with van der Waals surface area (Å²) >= 11 is 3.61. The third kappa shape index (κ3) is 16.4. The largest absolute Gasteiger partial charge is 0.394 e. The molecule has 2 rings (SSSR count). The molecule has 0 saturated heterocycles. The fourth-order valence-corrected chi connectivity index (χ4v) is 2.87. The number of hydrogen-bond donors (Lipinski definition) is 6. The molecule has 0 amide bonds. The smallest absolute Gasteiger partial charge is 0.348 e. The molecule has 0 aromatic carbocycles. The van der Waals surface area contributed by atoms with Crippen molar-refractivity contribution in [2.45, 2.75) is 18.4 Å². The van der Waals surface area contributed by atoms with E-state index in [9.17, 15) is 0 Å². The van der Waals surface area contributed by atoms with Gasteiger partial charge in [-0.25, -0.2) is 9.97 Å². The number of nitrogens with two attached hydrogens (primary N) is 2. The molecule has 0 spiro atoms. The summed E-state index contributed by atoms with van der Waals surface area (Å²) in [6, 6.07) is 0. The first kappa shape index (κ1) is 24.9. The molecule has 0 aliphatic heterocycles. The van der Waals surface area contributed by atoms with Crippen LogP contribution in [0.5, 0.6) is 0 Å². The van der Waals surface area contributed by atoms with Gasteiger partial charge in [0.05, 0.1) is 17.8 Å². The first-order valence-electron chi connectivity index (χ1n) is 7.50. The van der Waals surface area contributed by atoms with Gasteiger partial charge in [0.25, 0.3) is 0 Å². The van der Waals surface area contributed by atoms with E-state index >= 15 is 0 Å². The number of nitrogens with one attached hydrogen (secondary N) is 2. The topological polar surface area (TPSA) is 184 Å². The highest BCUT2D eigenvalue weighted by Crippen LogP contribution is 2.11. The summed E-state index contributed by atoms with van der Waals surface area (Å²) in [5.41, 5.74) is 13.0. The van der Waals surface area contributed by atoms with Gasteiger partial charge in [0.2, 0.25) is 0 Å². The van der Waals surface area contributed by atoms with Crippen LogP contribution in [0.25, 0.3) is 0 Å². The number of imidazole rings is 2. The molecule has 0 unspecified atom stereocenters. The fourth-order valence-electron chi connectivity index (χ4n) is 1.41. The molecule has 0 atom stereocenters. The van der Waals surface area contributed by atoms with E-state index in [1.807, 2.05) is 24.9 Å². The molecule has 8 N–H and O–H groups in total. The lowest BCUT2D eigenvalue weighted by Gasteiger charge is -1.96. The highest BCUT2D eigenvalue weighted by molar-refractivity contribution is 7.98. The zero-order chi connectivity index (χ0) is 19.8. The Labute approximate surface area is 161 Å². The zero-order valence-electron chi connectivity index (χ0n) is 14.5. The van der Waals surface area contributed by atoms with Crippen LogP contribution in [0.2, 0.25) is 0 Å². The molecule has 2 heterocycles. The average Bonchev–Trinajstić information content (AvgIpc) is 3.19. The summed E-state index contributed by atoms with van der Waals surface area (Å²) in [4.78, 5) is 14.3. The van der Waals surface area contributed by atoms with Crippen molar-refractivity contribution in [1.82, 2.24) is 19.9 Å². The Balaban J connectivity index is 0.000000387. The SMILES string of the molecule is Cc1[nH]cnc1CSCCN.NCCSCc1ncc[nH]1.O=S(=O)(O)O. The van der Waals surface area contributed by atoms with Crippen molar-refractivity contribution < 1.29 is 17.5 Å². The van der Waals surface area contributed by atoms with E-state index in [0.717, 1.165) is 53.3 Å². The maximum atomic E-state index is 8.74. The number of aromatic amines is 2. The molecule has 10 nitrogen and oxygen atoms in total. The lowest BCUT2D eigenvalue weighted by molar-refractivity contribution is 0.381. The summed E-state index contributed by atoms with van der Waals surface area (Å²) in [6.07, 6.45) is 5.32. The van der Waals surface area contributed by atoms with Crippen LogP contribution in [0, 0.1) is 6.92 Å². The standard InChI is InChI=1S/C7H13N3S.C6H11N3S.H2O4S/c1-6-7(10-5-9-6)4-11-3-2-8;7-1-4-10-5-6-8-2-3-9-6;1-5(2,3)4/h5H,2-4,8H2,1H3,(H,9,10);2-3H,1,4-5,7H2,(H,8,9);(H2,1,2,3,4). The lowest BCUT2D eigenvalue weighted by Crippen LogP contribution is -2.01. The summed E-state index contributed by atoms with van der Waals surface area (Å²) in [7, 11) is -4.67. The van der Waals surface area contributed by atoms with E-state index in [1.165, 1.54) is 0 Å². The van der Waals surface area contributed by atoms with E-state index in [0.29, 0.717) is 0 Å². The molecule has 150 valence electrons. The van der Waals surface area contributed by atoms with Gasteiger partial charge in [0.15, 0.2) is 0 Å². The van der Waals surface area contributed by atoms with Crippen LogP contribution in [0.15, 0.2) is 18.7 Å². The van der Waals surface area contributed by atoms with Gasteiger partial charge in [-0.1, -0.05) is 0 Å². The zero-order valence-corrected chi connectivity index (χ0v) is 16.9. The van der Waals surface area contributed by atoms with Crippen molar-refractivity contribution in [2.24, 2.45) is 11.5 Å². The Morgan fingerprint density at radius 3 is 2.08 bits per heavy atom. The minimum absolute atomic E-state index is 0.741. The average molecular weight is 427 g/mol. The third-order valence-electron chi connectivity index (χ3n) is 2.49. The molecule has 2 aromatic heterocycles. The van der Waals surface area contributed by atoms with Gasteiger partial charge in [-0.3, -0.25) is 9.11 Å². The summed E-state index contributed by atoms with van der Waals surface area (Å²) in [6.45, 7) is 3.52. The number of hydrogen-bond acceptors (Lipinski definition) is 8. The number of thioether (sulfide) groups is 2. The first-order chi connectivity index (χ1) is 12.3. The molecule has 0 fully saturated rings. The maximum Gasteiger partial charge on any atom is 0.394 e. The molecule has 13 heteroatoms.